The van der Waals surface area contributed by atoms with Crippen molar-refractivity contribution in [1.82, 2.24) is 14.8 Å². The molecule has 1 aromatic heterocycles. The van der Waals surface area contributed by atoms with Crippen LogP contribution in [0, 0.1) is 0 Å². The van der Waals surface area contributed by atoms with Crippen LogP contribution in [0.4, 0.5) is 0 Å². The first-order valence-corrected chi connectivity index (χ1v) is 10.5. The molecule has 0 saturated carbocycles. The largest absolute Gasteiger partial charge is 0.478 e. The second-order valence-corrected chi connectivity index (χ2v) is 7.70. The molecule has 1 fully saturated rings. The van der Waals surface area contributed by atoms with Crippen LogP contribution in [-0.4, -0.2) is 64.5 Å². The van der Waals surface area contributed by atoms with Crippen molar-refractivity contribution in [2.24, 2.45) is 5.73 Å². The van der Waals surface area contributed by atoms with Crippen molar-refractivity contribution in [3.05, 3.63) is 65.7 Å². The van der Waals surface area contributed by atoms with E-state index in [9.17, 15) is 14.7 Å². The lowest BCUT2D eigenvalue weighted by Gasteiger charge is -2.35. The van der Waals surface area contributed by atoms with Crippen molar-refractivity contribution in [2.45, 2.75) is 13.0 Å². The first-order chi connectivity index (χ1) is 15.1. The normalized spacial score (nSPS) is 14.7. The Morgan fingerprint density at radius 3 is 2.32 bits per heavy atom. The van der Waals surface area contributed by atoms with E-state index in [0.717, 1.165) is 5.56 Å². The van der Waals surface area contributed by atoms with Gasteiger partial charge in [-0.25, -0.2) is 9.78 Å². The van der Waals surface area contributed by atoms with Crippen LogP contribution in [0.5, 0.6) is 0 Å². The van der Waals surface area contributed by atoms with Gasteiger partial charge < -0.3 is 15.7 Å². The molecule has 3 aromatic rings. The Morgan fingerprint density at radius 1 is 0.968 bits per heavy atom. The van der Waals surface area contributed by atoms with E-state index in [4.69, 9.17) is 10.7 Å². The van der Waals surface area contributed by atoms with Gasteiger partial charge in [-0.05, 0) is 6.07 Å². The zero-order valence-electron chi connectivity index (χ0n) is 17.3. The highest BCUT2D eigenvalue weighted by molar-refractivity contribution is 6.05. The van der Waals surface area contributed by atoms with E-state index < -0.39 is 5.97 Å². The summed E-state index contributed by atoms with van der Waals surface area (Å²) in [5, 5.41) is 10.8. The number of aromatic carboxylic acids is 1. The molecule has 3 N–H and O–H groups in total. The lowest BCUT2D eigenvalue weighted by Crippen LogP contribution is -2.48. The zero-order chi connectivity index (χ0) is 21.8. The van der Waals surface area contributed by atoms with Crippen LogP contribution in [-0.2, 0) is 11.3 Å². The molecular formula is C24H26N4O3. The summed E-state index contributed by atoms with van der Waals surface area (Å²) in [6.45, 7) is 3.39. The van der Waals surface area contributed by atoms with Crippen molar-refractivity contribution >= 4 is 22.8 Å². The average molecular weight is 418 g/mol. The maximum atomic E-state index is 12.4. The number of para-hydroxylation sites is 1. The van der Waals surface area contributed by atoms with Crippen molar-refractivity contribution in [3.8, 4) is 11.3 Å². The summed E-state index contributed by atoms with van der Waals surface area (Å²) >= 11 is 0. The number of amides is 1. The summed E-state index contributed by atoms with van der Waals surface area (Å²) in [6.07, 6.45) is 0.357. The minimum Gasteiger partial charge on any atom is -0.478 e. The maximum absolute atomic E-state index is 12.4. The van der Waals surface area contributed by atoms with Gasteiger partial charge in [0.15, 0.2) is 0 Å². The number of carbonyl (C=O) groups is 2. The summed E-state index contributed by atoms with van der Waals surface area (Å²) in [5.74, 6) is -0.881. The molecule has 0 aliphatic carbocycles. The number of hydrogen-bond donors (Lipinski definition) is 2. The molecule has 0 unspecified atom stereocenters. The fourth-order valence-electron chi connectivity index (χ4n) is 4.15. The topological polar surface area (TPSA) is 99.8 Å². The summed E-state index contributed by atoms with van der Waals surface area (Å²) in [5.41, 5.74) is 8.76. The van der Waals surface area contributed by atoms with Crippen LogP contribution < -0.4 is 5.73 Å². The van der Waals surface area contributed by atoms with Crippen LogP contribution >= 0.6 is 0 Å². The highest BCUT2D eigenvalue weighted by Crippen LogP contribution is 2.31. The van der Waals surface area contributed by atoms with E-state index in [2.05, 4.69) is 4.90 Å². The van der Waals surface area contributed by atoms with Gasteiger partial charge in [-0.2, -0.15) is 0 Å². The molecule has 7 heteroatoms. The zero-order valence-corrected chi connectivity index (χ0v) is 17.3. The third kappa shape index (κ3) is 4.42. The van der Waals surface area contributed by atoms with E-state index in [1.165, 1.54) is 0 Å². The molecule has 1 aliphatic rings. The number of rotatable bonds is 6. The van der Waals surface area contributed by atoms with Crippen molar-refractivity contribution in [2.75, 3.05) is 32.7 Å². The molecule has 0 atom stereocenters. The van der Waals surface area contributed by atoms with Gasteiger partial charge in [-0.1, -0.05) is 48.5 Å². The predicted molar refractivity (Wildman–Crippen MR) is 120 cm³/mol. The number of pyridine rings is 1. The van der Waals surface area contributed by atoms with E-state index >= 15 is 0 Å². The first kappa shape index (κ1) is 21.0. The number of benzene rings is 2. The van der Waals surface area contributed by atoms with Crippen LogP contribution in [0.15, 0.2) is 54.6 Å². The molecular weight excluding hydrogens is 392 g/mol. The minimum atomic E-state index is -0.956. The highest BCUT2D eigenvalue weighted by Gasteiger charge is 2.26. The van der Waals surface area contributed by atoms with Gasteiger partial charge in [0.05, 0.1) is 16.8 Å². The molecule has 0 spiro atoms. The number of nitrogens with two attached hydrogens (primary N) is 1. The number of fused-ring (bicyclic) bond motifs is 1. The third-order valence-electron chi connectivity index (χ3n) is 5.72. The van der Waals surface area contributed by atoms with Crippen LogP contribution in [0.25, 0.3) is 22.2 Å². The predicted octanol–water partition coefficient (Wildman–Crippen LogP) is 2.59. The molecule has 1 aliphatic heterocycles. The number of carboxylic acids is 1. The highest BCUT2D eigenvalue weighted by atomic mass is 16.4. The second-order valence-electron chi connectivity index (χ2n) is 7.70. The van der Waals surface area contributed by atoms with Gasteiger partial charge in [0.1, 0.15) is 0 Å². The molecule has 2 aromatic carbocycles. The number of hydrogen-bond acceptors (Lipinski definition) is 5. The fourth-order valence-corrected chi connectivity index (χ4v) is 4.15. The second kappa shape index (κ2) is 9.24. The molecule has 1 amide bonds. The monoisotopic (exact) mass is 418 g/mol. The summed E-state index contributed by atoms with van der Waals surface area (Å²) < 4.78 is 0. The molecule has 7 nitrogen and oxygen atoms in total. The minimum absolute atomic E-state index is 0.0747. The van der Waals surface area contributed by atoms with Crippen molar-refractivity contribution < 1.29 is 14.7 Å². The summed E-state index contributed by atoms with van der Waals surface area (Å²) in [4.78, 5) is 33.4. The smallest absolute Gasteiger partial charge is 0.336 e. The molecule has 31 heavy (non-hydrogen) atoms. The van der Waals surface area contributed by atoms with Crippen LogP contribution in [0.1, 0.15) is 22.3 Å². The van der Waals surface area contributed by atoms with Gasteiger partial charge in [-0.15, -0.1) is 0 Å². The van der Waals surface area contributed by atoms with E-state index in [-0.39, 0.29) is 5.91 Å². The Labute approximate surface area is 181 Å². The average Bonchev–Trinajstić information content (AvgIpc) is 2.79. The van der Waals surface area contributed by atoms with E-state index in [1.807, 2.05) is 59.5 Å². The number of nitrogens with zero attached hydrogens (tertiary/aromatic N) is 3. The number of aromatic nitrogens is 1. The van der Waals surface area contributed by atoms with Crippen molar-refractivity contribution in [1.29, 1.82) is 0 Å². The number of piperazine rings is 1. The first-order valence-electron chi connectivity index (χ1n) is 10.5. The van der Waals surface area contributed by atoms with Crippen molar-refractivity contribution in [3.63, 3.8) is 0 Å². The lowest BCUT2D eigenvalue weighted by atomic mass is 9.96. The van der Waals surface area contributed by atoms with E-state index in [0.29, 0.717) is 73.4 Å². The Hall–Kier alpha value is -3.29. The fraction of sp³-hybridized carbons (Fsp3) is 0.292. The Morgan fingerprint density at radius 2 is 1.65 bits per heavy atom. The number of carbonyl (C=O) groups excluding carboxylic acids is 1. The molecule has 0 radical (unpaired) electrons. The molecule has 160 valence electrons. The van der Waals surface area contributed by atoms with Gasteiger partial charge >= 0.3 is 5.97 Å². The Kier molecular flexibility index (Phi) is 6.25. The molecule has 4 rings (SSSR count). The molecule has 1 saturated heterocycles. The quantitative estimate of drug-likeness (QED) is 0.638. The van der Waals surface area contributed by atoms with Gasteiger partial charge in [0, 0.05) is 62.2 Å². The van der Waals surface area contributed by atoms with Crippen LogP contribution in [0.3, 0.4) is 0 Å². The van der Waals surface area contributed by atoms with Gasteiger partial charge in [-0.3, -0.25) is 9.69 Å². The maximum Gasteiger partial charge on any atom is 0.336 e. The Bertz CT molecular complexity index is 1090. The van der Waals surface area contributed by atoms with Crippen LogP contribution in [0.2, 0.25) is 0 Å². The third-order valence-corrected chi connectivity index (χ3v) is 5.72. The SMILES string of the molecule is NCCC(=O)N1CCN(Cc2c(-c3ccccc3)nc3ccccc3c2C(=O)O)CC1. The van der Waals surface area contributed by atoms with E-state index in [1.54, 1.807) is 0 Å². The van der Waals surface area contributed by atoms with Gasteiger partial charge in [0.2, 0.25) is 5.91 Å². The summed E-state index contributed by atoms with van der Waals surface area (Å²) in [7, 11) is 0. The molecule has 0 bridgehead atoms. The lowest BCUT2D eigenvalue weighted by molar-refractivity contribution is -0.132. The number of carboxylic acid groups (broad SMARTS) is 1. The summed E-state index contributed by atoms with van der Waals surface area (Å²) in [6, 6.07) is 17.1. The standard InChI is InChI=1S/C24H26N4O3/c25-11-10-21(29)28-14-12-27(13-15-28)16-19-22(24(30)31)18-8-4-5-9-20(18)26-23(19)17-6-2-1-3-7-17/h1-9H,10-16,25H2,(H,30,31). The van der Waals surface area contributed by atoms with Gasteiger partial charge in [0.25, 0.3) is 0 Å². The Balaban J connectivity index is 1.72. The molecule has 2 heterocycles.